The normalized spacial score (nSPS) is 17.2. The molecule has 1 amide bonds. The molecule has 1 saturated heterocycles. The zero-order valence-corrected chi connectivity index (χ0v) is 15.6. The minimum atomic E-state index is -0.464. The van der Waals surface area contributed by atoms with Gasteiger partial charge in [-0.05, 0) is 56.1 Å². The van der Waals surface area contributed by atoms with Gasteiger partial charge < -0.3 is 19.3 Å². The van der Waals surface area contributed by atoms with Crippen LogP contribution in [-0.2, 0) is 17.9 Å². The number of nitrogens with zero attached hydrogens (tertiary/aromatic N) is 1. The Bertz CT molecular complexity index is 1050. The average molecular weight is 382 g/mol. The summed E-state index contributed by atoms with van der Waals surface area (Å²) in [6.07, 6.45) is 3.26. The highest BCUT2D eigenvalue weighted by atomic mass is 16.4. The van der Waals surface area contributed by atoms with Crippen LogP contribution in [0.5, 0.6) is 5.75 Å². The predicted molar refractivity (Wildman–Crippen MR) is 103 cm³/mol. The van der Waals surface area contributed by atoms with Gasteiger partial charge in [0.2, 0.25) is 5.91 Å². The van der Waals surface area contributed by atoms with Crippen molar-refractivity contribution in [2.24, 2.45) is 0 Å². The number of aryl methyl sites for hydroxylation is 1. The number of nitrogens with one attached hydrogen (secondary N) is 1. The number of furan rings is 1. The number of hydrogen-bond acceptors (Lipinski definition) is 6. The van der Waals surface area contributed by atoms with E-state index in [0.29, 0.717) is 30.0 Å². The SMILES string of the molecule is Cc1c(O)ccc2c(CN3CCCC3C(=O)NCc3ccco3)cc(=O)oc12. The lowest BCUT2D eigenvalue weighted by Gasteiger charge is -2.24. The van der Waals surface area contributed by atoms with Crippen LogP contribution >= 0.6 is 0 Å². The van der Waals surface area contributed by atoms with Crippen molar-refractivity contribution in [2.45, 2.75) is 38.9 Å². The lowest BCUT2D eigenvalue weighted by molar-refractivity contribution is -0.125. The monoisotopic (exact) mass is 382 g/mol. The molecule has 146 valence electrons. The van der Waals surface area contributed by atoms with Crippen LogP contribution in [0.3, 0.4) is 0 Å². The second kappa shape index (κ2) is 7.52. The van der Waals surface area contributed by atoms with Crippen molar-refractivity contribution < 1.29 is 18.7 Å². The van der Waals surface area contributed by atoms with Crippen LogP contribution in [0.1, 0.15) is 29.7 Å². The molecule has 0 bridgehead atoms. The van der Waals surface area contributed by atoms with E-state index in [9.17, 15) is 14.7 Å². The largest absolute Gasteiger partial charge is 0.508 e. The van der Waals surface area contributed by atoms with Gasteiger partial charge in [0.25, 0.3) is 0 Å². The van der Waals surface area contributed by atoms with Gasteiger partial charge in [-0.15, -0.1) is 0 Å². The van der Waals surface area contributed by atoms with Crippen LogP contribution in [0.2, 0.25) is 0 Å². The molecule has 7 nitrogen and oxygen atoms in total. The summed E-state index contributed by atoms with van der Waals surface area (Å²) in [5, 5.41) is 13.6. The number of hydrogen-bond donors (Lipinski definition) is 2. The average Bonchev–Trinajstić information content (AvgIpc) is 3.35. The van der Waals surface area contributed by atoms with Crippen molar-refractivity contribution in [3.63, 3.8) is 0 Å². The van der Waals surface area contributed by atoms with Crippen molar-refractivity contribution in [3.05, 3.63) is 63.9 Å². The van der Waals surface area contributed by atoms with E-state index in [2.05, 4.69) is 10.2 Å². The van der Waals surface area contributed by atoms with Gasteiger partial charge in [0.1, 0.15) is 17.1 Å². The van der Waals surface area contributed by atoms with Crippen LogP contribution in [-0.4, -0.2) is 28.5 Å². The Morgan fingerprint density at radius 2 is 2.21 bits per heavy atom. The Kier molecular flexibility index (Phi) is 4.92. The van der Waals surface area contributed by atoms with Gasteiger partial charge in [-0.1, -0.05) is 0 Å². The fourth-order valence-electron chi connectivity index (χ4n) is 3.78. The summed E-state index contributed by atoms with van der Waals surface area (Å²) in [4.78, 5) is 26.8. The molecule has 1 unspecified atom stereocenters. The molecule has 1 aliphatic rings. The molecule has 7 heteroatoms. The lowest BCUT2D eigenvalue weighted by Crippen LogP contribution is -2.42. The molecule has 1 aliphatic heterocycles. The molecule has 2 N–H and O–H groups in total. The molecule has 1 fully saturated rings. The molecule has 3 aromatic rings. The number of carbonyl (C=O) groups excluding carboxylic acids is 1. The standard InChI is InChI=1S/C21H22N2O5/c1-13-18(24)7-6-16-14(10-19(25)28-20(13)16)12-23-8-2-5-17(23)21(26)22-11-15-4-3-9-27-15/h3-4,6-7,9-10,17,24H,2,5,8,11-12H2,1H3,(H,22,26). The van der Waals surface area contributed by atoms with Crippen LogP contribution in [0.15, 0.2) is 50.2 Å². The molecule has 4 rings (SSSR count). The van der Waals surface area contributed by atoms with Gasteiger partial charge in [-0.3, -0.25) is 9.69 Å². The third-order valence-electron chi connectivity index (χ3n) is 5.27. The summed E-state index contributed by atoms with van der Waals surface area (Å²) < 4.78 is 10.6. The second-order valence-electron chi connectivity index (χ2n) is 7.10. The molecule has 0 saturated carbocycles. The molecule has 0 aliphatic carbocycles. The molecule has 0 radical (unpaired) electrons. The number of fused-ring (bicyclic) bond motifs is 1. The third-order valence-corrected chi connectivity index (χ3v) is 5.27. The number of amides is 1. The number of rotatable bonds is 5. The van der Waals surface area contributed by atoms with Crippen molar-refractivity contribution in [3.8, 4) is 5.75 Å². The Hall–Kier alpha value is -3.06. The Morgan fingerprint density at radius 3 is 3.00 bits per heavy atom. The van der Waals surface area contributed by atoms with Crippen molar-refractivity contribution >= 4 is 16.9 Å². The Balaban J connectivity index is 1.55. The number of phenolic OH excluding ortho intramolecular Hbond substituents is 1. The summed E-state index contributed by atoms with van der Waals surface area (Å²) in [6.45, 7) is 3.31. The fraction of sp³-hybridized carbons (Fsp3) is 0.333. The number of phenols is 1. The summed E-state index contributed by atoms with van der Waals surface area (Å²) in [6, 6.07) is 8.16. The maximum atomic E-state index is 12.7. The summed E-state index contributed by atoms with van der Waals surface area (Å²) in [7, 11) is 0. The van der Waals surface area contributed by atoms with E-state index >= 15 is 0 Å². The molecule has 1 atom stereocenters. The quantitative estimate of drug-likeness (QED) is 0.659. The molecule has 0 spiro atoms. The van der Waals surface area contributed by atoms with Crippen molar-refractivity contribution in [2.75, 3.05) is 6.54 Å². The maximum absolute atomic E-state index is 12.7. The van der Waals surface area contributed by atoms with Gasteiger partial charge in [-0.25, -0.2) is 4.79 Å². The van der Waals surface area contributed by atoms with E-state index < -0.39 is 5.63 Å². The van der Waals surface area contributed by atoms with E-state index in [4.69, 9.17) is 8.83 Å². The molecule has 3 heterocycles. The first-order valence-electron chi connectivity index (χ1n) is 9.32. The Morgan fingerprint density at radius 1 is 1.36 bits per heavy atom. The molecular formula is C21H22N2O5. The van der Waals surface area contributed by atoms with Crippen LogP contribution in [0.25, 0.3) is 11.0 Å². The fourth-order valence-corrected chi connectivity index (χ4v) is 3.78. The highest BCUT2D eigenvalue weighted by Crippen LogP contribution is 2.29. The predicted octanol–water partition coefficient (Wildman–Crippen LogP) is 2.68. The van der Waals surface area contributed by atoms with Crippen LogP contribution in [0, 0.1) is 6.92 Å². The van der Waals surface area contributed by atoms with E-state index in [-0.39, 0.29) is 17.7 Å². The van der Waals surface area contributed by atoms with Crippen molar-refractivity contribution in [1.82, 2.24) is 10.2 Å². The maximum Gasteiger partial charge on any atom is 0.336 e. The number of aromatic hydroxyl groups is 1. The Labute approximate surface area is 161 Å². The summed E-state index contributed by atoms with van der Waals surface area (Å²) >= 11 is 0. The lowest BCUT2D eigenvalue weighted by atomic mass is 10.1. The minimum absolute atomic E-state index is 0.0463. The molecule has 1 aromatic carbocycles. The molecular weight excluding hydrogens is 360 g/mol. The van der Waals surface area contributed by atoms with Gasteiger partial charge >= 0.3 is 5.63 Å². The van der Waals surface area contributed by atoms with Crippen molar-refractivity contribution in [1.29, 1.82) is 0 Å². The first-order chi connectivity index (χ1) is 13.5. The van der Waals surface area contributed by atoms with E-state index in [1.54, 1.807) is 31.4 Å². The third kappa shape index (κ3) is 3.53. The molecule has 2 aromatic heterocycles. The smallest absolute Gasteiger partial charge is 0.336 e. The first-order valence-corrected chi connectivity index (χ1v) is 9.32. The highest BCUT2D eigenvalue weighted by Gasteiger charge is 2.31. The van der Waals surface area contributed by atoms with Crippen LogP contribution < -0.4 is 10.9 Å². The second-order valence-corrected chi connectivity index (χ2v) is 7.10. The van der Waals surface area contributed by atoms with E-state index in [1.165, 1.54) is 6.07 Å². The van der Waals surface area contributed by atoms with Gasteiger partial charge in [0.05, 0.1) is 18.8 Å². The minimum Gasteiger partial charge on any atom is -0.508 e. The zero-order chi connectivity index (χ0) is 19.7. The number of benzene rings is 1. The summed E-state index contributed by atoms with van der Waals surface area (Å²) in [5.74, 6) is 0.749. The molecule has 28 heavy (non-hydrogen) atoms. The van der Waals surface area contributed by atoms with E-state index in [0.717, 1.165) is 30.3 Å². The summed E-state index contributed by atoms with van der Waals surface area (Å²) in [5.41, 5.74) is 1.25. The topological polar surface area (TPSA) is 95.9 Å². The van der Waals surface area contributed by atoms with Gasteiger partial charge in [-0.2, -0.15) is 0 Å². The zero-order valence-electron chi connectivity index (χ0n) is 15.6. The van der Waals surface area contributed by atoms with Gasteiger partial charge in [0, 0.05) is 23.6 Å². The highest BCUT2D eigenvalue weighted by molar-refractivity contribution is 5.85. The number of carbonyl (C=O) groups is 1. The van der Waals surface area contributed by atoms with E-state index in [1.807, 2.05) is 6.07 Å². The number of likely N-dealkylation sites (tertiary alicyclic amines) is 1. The first kappa shape index (κ1) is 18.3. The van der Waals surface area contributed by atoms with Crippen LogP contribution in [0.4, 0.5) is 0 Å². The van der Waals surface area contributed by atoms with Gasteiger partial charge in [0.15, 0.2) is 0 Å².